The van der Waals surface area contributed by atoms with Gasteiger partial charge in [0.1, 0.15) is 23.6 Å². The summed E-state index contributed by atoms with van der Waals surface area (Å²) in [5.41, 5.74) is 1.10. The van der Waals surface area contributed by atoms with Gasteiger partial charge in [0.05, 0.1) is 0 Å². The third-order valence-electron chi connectivity index (χ3n) is 1.52. The van der Waals surface area contributed by atoms with Gasteiger partial charge < -0.3 is 0 Å². The van der Waals surface area contributed by atoms with E-state index in [0.29, 0.717) is 16.4 Å². The lowest BCUT2D eigenvalue weighted by Crippen LogP contribution is -1.94. The van der Waals surface area contributed by atoms with Gasteiger partial charge in [-0.05, 0) is 12.1 Å². The predicted octanol–water partition coefficient (Wildman–Crippen LogP) is 1.25. The van der Waals surface area contributed by atoms with Crippen LogP contribution in [-0.4, -0.2) is 14.6 Å². The fraction of sp³-hybridized carbons (Fsp3) is 0. The van der Waals surface area contributed by atoms with Crippen molar-refractivity contribution >= 4 is 17.1 Å². The number of hydrogen-bond donors (Lipinski definition) is 0. The highest BCUT2D eigenvalue weighted by Crippen LogP contribution is 2.14. The normalized spacial score (nSPS) is 10.0. The van der Waals surface area contributed by atoms with Gasteiger partial charge in [0.2, 0.25) is 0 Å². The molecule has 0 fully saturated rings. The smallest absolute Gasteiger partial charge is 0.156 e. The van der Waals surface area contributed by atoms with Crippen molar-refractivity contribution in [2.24, 2.45) is 0 Å². The maximum atomic E-state index is 8.64. The summed E-state index contributed by atoms with van der Waals surface area (Å²) in [4.78, 5) is 3.78. The lowest BCUT2D eigenvalue weighted by molar-refractivity contribution is 0.890. The van der Waals surface area contributed by atoms with E-state index in [9.17, 15) is 0 Å². The second-order valence-electron chi connectivity index (χ2n) is 2.18. The van der Waals surface area contributed by atoms with Crippen LogP contribution in [0.3, 0.4) is 0 Å². The second kappa shape index (κ2) is 2.47. The van der Waals surface area contributed by atoms with Crippen molar-refractivity contribution in [1.29, 1.82) is 5.26 Å². The van der Waals surface area contributed by atoms with Gasteiger partial charge in [-0.15, -0.1) is 0 Å². The van der Waals surface area contributed by atoms with Crippen LogP contribution in [0.4, 0.5) is 0 Å². The molecular formula is C7H3ClN4. The van der Waals surface area contributed by atoms with E-state index in [1.54, 1.807) is 12.1 Å². The van der Waals surface area contributed by atoms with Crippen LogP contribution in [0.2, 0.25) is 5.15 Å². The molecular weight excluding hydrogens is 176 g/mol. The van der Waals surface area contributed by atoms with E-state index in [1.165, 1.54) is 10.8 Å². The van der Waals surface area contributed by atoms with Crippen molar-refractivity contribution < 1.29 is 0 Å². The van der Waals surface area contributed by atoms with Crippen LogP contribution in [0.5, 0.6) is 0 Å². The van der Waals surface area contributed by atoms with Crippen molar-refractivity contribution in [3.63, 3.8) is 0 Å². The molecule has 2 rings (SSSR count). The van der Waals surface area contributed by atoms with Crippen molar-refractivity contribution in [3.8, 4) is 6.07 Å². The Kier molecular flexibility index (Phi) is 1.45. The number of rotatable bonds is 0. The molecule has 0 N–H and O–H groups in total. The van der Waals surface area contributed by atoms with E-state index in [4.69, 9.17) is 16.9 Å². The van der Waals surface area contributed by atoms with Gasteiger partial charge in [-0.25, -0.2) is 9.50 Å². The molecule has 0 spiro atoms. The number of fused-ring (bicyclic) bond motifs is 1. The molecule has 2 aromatic heterocycles. The Morgan fingerprint density at radius 3 is 3.08 bits per heavy atom. The maximum absolute atomic E-state index is 8.64. The fourth-order valence-corrected chi connectivity index (χ4v) is 1.17. The Balaban J connectivity index is 2.91. The molecule has 0 aliphatic heterocycles. The third-order valence-corrected chi connectivity index (χ3v) is 1.81. The van der Waals surface area contributed by atoms with Crippen LogP contribution in [0.25, 0.3) is 5.52 Å². The lowest BCUT2D eigenvalue weighted by Gasteiger charge is -1.93. The summed E-state index contributed by atoms with van der Waals surface area (Å²) in [5.74, 6) is 0. The van der Waals surface area contributed by atoms with Gasteiger partial charge in [-0.3, -0.25) is 0 Å². The number of aromatic nitrogens is 3. The highest BCUT2D eigenvalue weighted by molar-refractivity contribution is 6.32. The molecule has 12 heavy (non-hydrogen) atoms. The molecule has 0 saturated heterocycles. The maximum Gasteiger partial charge on any atom is 0.156 e. The Morgan fingerprint density at radius 1 is 1.50 bits per heavy atom. The van der Waals surface area contributed by atoms with Crippen LogP contribution >= 0.6 is 11.6 Å². The van der Waals surface area contributed by atoms with Crippen molar-refractivity contribution in [2.75, 3.05) is 0 Å². The van der Waals surface area contributed by atoms with E-state index in [1.807, 2.05) is 6.07 Å². The molecule has 0 aliphatic carbocycles. The van der Waals surface area contributed by atoms with Gasteiger partial charge in [-0.1, -0.05) is 11.6 Å². The first-order valence-electron chi connectivity index (χ1n) is 3.21. The predicted molar refractivity (Wildman–Crippen MR) is 42.7 cm³/mol. The van der Waals surface area contributed by atoms with Gasteiger partial charge >= 0.3 is 0 Å². The molecule has 0 unspecified atom stereocenters. The average Bonchev–Trinajstić information content (AvgIpc) is 2.49. The molecule has 0 aliphatic rings. The standard InChI is InChI=1S/C7H3ClN4/c8-7-6-2-1-5(3-9)12(6)11-4-10-7/h1-2,4H. The van der Waals surface area contributed by atoms with E-state index in [0.717, 1.165) is 0 Å². The zero-order valence-corrected chi connectivity index (χ0v) is 6.65. The van der Waals surface area contributed by atoms with E-state index in [2.05, 4.69) is 10.1 Å². The van der Waals surface area contributed by atoms with E-state index in [-0.39, 0.29) is 0 Å². The molecule has 0 radical (unpaired) electrons. The fourth-order valence-electron chi connectivity index (χ4n) is 0.988. The molecule has 2 heterocycles. The van der Waals surface area contributed by atoms with E-state index >= 15 is 0 Å². The quantitative estimate of drug-likeness (QED) is 0.610. The Hall–Kier alpha value is -1.60. The van der Waals surface area contributed by atoms with Crippen molar-refractivity contribution in [1.82, 2.24) is 14.6 Å². The molecule has 2 aromatic rings. The summed E-state index contributed by atoms with van der Waals surface area (Å²) in [5, 5.41) is 12.9. The van der Waals surface area contributed by atoms with Crippen molar-refractivity contribution in [2.45, 2.75) is 0 Å². The molecule has 0 atom stereocenters. The van der Waals surface area contributed by atoms with Gasteiger partial charge in [-0.2, -0.15) is 10.4 Å². The highest BCUT2D eigenvalue weighted by Gasteiger charge is 2.04. The minimum absolute atomic E-state index is 0.353. The van der Waals surface area contributed by atoms with Crippen LogP contribution in [-0.2, 0) is 0 Å². The summed E-state index contributed by atoms with van der Waals surface area (Å²) in [6, 6.07) is 5.35. The summed E-state index contributed by atoms with van der Waals surface area (Å²) in [6.45, 7) is 0. The molecule has 0 aromatic carbocycles. The van der Waals surface area contributed by atoms with Gasteiger partial charge in [0.25, 0.3) is 0 Å². The topological polar surface area (TPSA) is 54.0 Å². The Bertz CT molecular complexity index is 468. The summed E-state index contributed by atoms with van der Waals surface area (Å²) < 4.78 is 1.45. The summed E-state index contributed by atoms with van der Waals surface area (Å²) in [7, 11) is 0. The van der Waals surface area contributed by atoms with Crippen molar-refractivity contribution in [3.05, 3.63) is 29.3 Å². The van der Waals surface area contributed by atoms with Crippen LogP contribution in [0, 0.1) is 11.3 Å². The minimum Gasteiger partial charge on any atom is -0.221 e. The monoisotopic (exact) mass is 178 g/mol. The molecule has 0 saturated carbocycles. The summed E-state index contributed by atoms with van der Waals surface area (Å²) in [6.07, 6.45) is 1.32. The number of hydrogen-bond acceptors (Lipinski definition) is 3. The molecule has 5 heteroatoms. The zero-order valence-electron chi connectivity index (χ0n) is 5.90. The first kappa shape index (κ1) is 7.07. The third kappa shape index (κ3) is 0.840. The Labute approximate surface area is 73.0 Å². The number of halogens is 1. The molecule has 0 bridgehead atoms. The van der Waals surface area contributed by atoms with Crippen LogP contribution in [0.1, 0.15) is 5.69 Å². The average molecular weight is 179 g/mol. The van der Waals surface area contributed by atoms with Gasteiger partial charge in [0, 0.05) is 0 Å². The number of nitrogens with zero attached hydrogens (tertiary/aromatic N) is 4. The van der Waals surface area contributed by atoms with Crippen LogP contribution < -0.4 is 0 Å². The molecule has 4 nitrogen and oxygen atoms in total. The Morgan fingerprint density at radius 2 is 2.33 bits per heavy atom. The first-order valence-corrected chi connectivity index (χ1v) is 3.59. The second-order valence-corrected chi connectivity index (χ2v) is 2.54. The lowest BCUT2D eigenvalue weighted by atomic mass is 10.5. The first-order chi connectivity index (χ1) is 5.83. The SMILES string of the molecule is N#Cc1ccc2c(Cl)ncnn12. The van der Waals surface area contributed by atoms with Crippen LogP contribution in [0.15, 0.2) is 18.5 Å². The highest BCUT2D eigenvalue weighted by atomic mass is 35.5. The minimum atomic E-state index is 0.353. The van der Waals surface area contributed by atoms with E-state index < -0.39 is 0 Å². The molecule has 58 valence electrons. The molecule has 0 amide bonds. The van der Waals surface area contributed by atoms with Gasteiger partial charge in [0.15, 0.2) is 5.15 Å². The summed E-state index contributed by atoms with van der Waals surface area (Å²) >= 11 is 5.75. The number of nitriles is 1. The largest absolute Gasteiger partial charge is 0.221 e. The zero-order chi connectivity index (χ0) is 8.55.